The van der Waals surface area contributed by atoms with Crippen LogP contribution in [0.25, 0.3) is 144 Å². The predicted molar refractivity (Wildman–Crippen MR) is 568 cm³/mol. The van der Waals surface area contributed by atoms with Crippen molar-refractivity contribution in [2.24, 2.45) is 35.2 Å². The van der Waals surface area contributed by atoms with E-state index in [2.05, 4.69) is 481 Å². The molecule has 0 aliphatic rings. The molecule has 0 saturated heterocycles. The van der Waals surface area contributed by atoms with Crippen molar-refractivity contribution in [1.82, 2.24) is 73.7 Å². The highest BCUT2D eigenvalue weighted by atomic mass is 32.1. The Morgan fingerprint density at radius 2 is 0.812 bits per heavy atom. The summed E-state index contributed by atoms with van der Waals surface area (Å²) in [5.41, 5.74) is 42.8. The van der Waals surface area contributed by atoms with Crippen LogP contribution < -0.4 is 22.7 Å². The largest absolute Gasteiger partial charge is 0.375 e. The molecular formula is C115H122N21S2+5. The van der Waals surface area contributed by atoms with Crippen molar-refractivity contribution in [3.63, 3.8) is 0 Å². The quantitative estimate of drug-likeness (QED) is 0.159. The smallest absolute Gasteiger partial charge is 0.292 e. The third-order valence-electron chi connectivity index (χ3n) is 27.2. The first kappa shape index (κ1) is 92.8. The van der Waals surface area contributed by atoms with Crippen LogP contribution >= 0.6 is 22.7 Å². The number of aromatic nitrogens is 21. The molecule has 0 bridgehead atoms. The van der Waals surface area contributed by atoms with Crippen molar-refractivity contribution in [2.75, 3.05) is 0 Å². The van der Waals surface area contributed by atoms with Gasteiger partial charge < -0.3 is 0 Å². The second-order valence-electron chi connectivity index (χ2n) is 36.0. The monoisotopic (exact) mass is 1860 g/mol. The van der Waals surface area contributed by atoms with E-state index in [4.69, 9.17) is 0 Å². The average Bonchev–Trinajstić information content (AvgIpc) is 1.58. The molecule has 0 amide bonds. The molecule has 8 aromatic carbocycles. The third-order valence-corrected chi connectivity index (χ3v) is 29.2. The summed E-state index contributed by atoms with van der Waals surface area (Å²) in [6.45, 7) is 36.7. The van der Waals surface area contributed by atoms with Crippen LogP contribution in [-0.4, -0.2) is 73.7 Å². The highest BCUT2D eigenvalue weighted by Crippen LogP contribution is 2.36. The molecule has 0 radical (unpaired) electrons. The molecule has 0 atom stereocenters. The van der Waals surface area contributed by atoms with Crippen LogP contribution in [0.4, 0.5) is 0 Å². The molecule has 18 aromatic heterocycles. The second-order valence-corrected chi connectivity index (χ2v) is 38.4. The van der Waals surface area contributed by atoms with Gasteiger partial charge in [0.25, 0.3) is 28.4 Å². The molecule has 0 unspecified atom stereocenters. The molecular weight excluding hydrogens is 1740 g/mol. The van der Waals surface area contributed by atoms with E-state index in [1.165, 1.54) is 195 Å². The number of hydrogen-bond donors (Lipinski definition) is 0. The zero-order valence-electron chi connectivity index (χ0n) is 81.4. The lowest BCUT2D eigenvalue weighted by Gasteiger charge is -2.13. The van der Waals surface area contributed by atoms with Crippen LogP contribution in [0.2, 0.25) is 0 Å². The van der Waals surface area contributed by atoms with Gasteiger partial charge >= 0.3 is 11.4 Å². The molecule has 0 N–H and O–H groups in total. The van der Waals surface area contributed by atoms with E-state index in [-0.39, 0.29) is 14.9 Å². The first-order valence-corrected chi connectivity index (χ1v) is 47.9. The van der Waals surface area contributed by atoms with Crippen LogP contribution in [-0.2, 0) is 35.2 Å². The minimum absolute atomic E-state index is 0. The highest BCUT2D eigenvalue weighted by Gasteiger charge is 2.32. The fourth-order valence-electron chi connectivity index (χ4n) is 20.2. The lowest BCUT2D eigenvalue weighted by molar-refractivity contribution is -0.676. The van der Waals surface area contributed by atoms with Gasteiger partial charge in [-0.1, -0.05) is 189 Å². The number of benzene rings is 8. The summed E-state index contributed by atoms with van der Waals surface area (Å²) in [7, 11) is 10.6. The van der Waals surface area contributed by atoms with Crippen LogP contribution in [0.1, 0.15) is 109 Å². The van der Waals surface area contributed by atoms with Crippen LogP contribution in [0.3, 0.4) is 0 Å². The molecule has 0 aliphatic carbocycles. The van der Waals surface area contributed by atoms with Gasteiger partial charge in [0.2, 0.25) is 16.5 Å². The Hall–Kier alpha value is -15.6. The number of para-hydroxylation sites is 11. The first-order valence-electron chi connectivity index (χ1n) is 46.2. The van der Waals surface area contributed by atoms with E-state index in [0.29, 0.717) is 0 Å². The van der Waals surface area contributed by atoms with Crippen molar-refractivity contribution in [3.8, 4) is 28.4 Å². The van der Waals surface area contributed by atoms with Gasteiger partial charge in [0.1, 0.15) is 68.6 Å². The van der Waals surface area contributed by atoms with E-state index >= 15 is 0 Å². The van der Waals surface area contributed by atoms with Gasteiger partial charge in [-0.15, -0.1) is 0 Å². The Bertz CT molecular complexity index is 9060. The normalized spacial score (nSPS) is 11.4. The molecule has 0 aliphatic heterocycles. The maximum atomic E-state index is 4.57. The zero-order chi connectivity index (χ0) is 94.8. The van der Waals surface area contributed by atoms with Crippen molar-refractivity contribution < 1.29 is 22.7 Å². The van der Waals surface area contributed by atoms with E-state index in [1.54, 1.807) is 22.7 Å². The van der Waals surface area contributed by atoms with Gasteiger partial charge in [-0.05, 0) is 229 Å². The summed E-state index contributed by atoms with van der Waals surface area (Å²) in [6.07, 6.45) is 14.7. The summed E-state index contributed by atoms with van der Waals surface area (Å²) < 4.78 is 38.5. The molecule has 18 heterocycles. The summed E-state index contributed by atoms with van der Waals surface area (Å²) in [5.74, 6) is 4.90. The molecule has 0 spiro atoms. The van der Waals surface area contributed by atoms with Crippen LogP contribution in [0, 0.1) is 118 Å². The highest BCUT2D eigenvalue weighted by molar-refractivity contribution is 7.18. The minimum atomic E-state index is 0. The van der Waals surface area contributed by atoms with E-state index in [1.807, 2.05) is 60.2 Å². The lowest BCUT2D eigenvalue weighted by Crippen LogP contribution is -2.36. The number of rotatable bonds is 5. The summed E-state index contributed by atoms with van der Waals surface area (Å²) in [4.78, 5) is 20.2. The predicted octanol–water partition coefficient (Wildman–Crippen LogP) is 23.9. The summed E-state index contributed by atoms with van der Waals surface area (Å²) >= 11 is 3.41. The molecule has 694 valence electrons. The van der Waals surface area contributed by atoms with E-state index in [0.717, 1.165) is 43.8 Å². The van der Waals surface area contributed by atoms with Gasteiger partial charge in [-0.3, -0.25) is 26.9 Å². The Morgan fingerprint density at radius 1 is 0.348 bits per heavy atom. The van der Waals surface area contributed by atoms with Gasteiger partial charge in [-0.2, -0.15) is 17.9 Å². The van der Waals surface area contributed by atoms with Crippen molar-refractivity contribution in [2.45, 2.75) is 133 Å². The van der Waals surface area contributed by atoms with Crippen molar-refractivity contribution >= 4 is 138 Å². The van der Waals surface area contributed by atoms with E-state index in [9.17, 15) is 0 Å². The molecule has 138 heavy (non-hydrogen) atoms. The van der Waals surface area contributed by atoms with Crippen molar-refractivity contribution in [3.05, 3.63) is 387 Å². The van der Waals surface area contributed by atoms with Gasteiger partial charge in [0.15, 0.2) is 38.2 Å². The third kappa shape index (κ3) is 15.5. The Balaban J connectivity index is 0.000000107. The van der Waals surface area contributed by atoms with Crippen LogP contribution in [0.5, 0.6) is 0 Å². The standard InChI is InChI=1S/4C19H20N3.C18H17N3.C10H10N3S.C9H7N3S.2CH4/c1-13-8-7-9-14(2)19(13)22-17-11-6-5-10-16(17)21-15(3)20(4)12-18(21)22;1-13-8-7-9-14(2)18(13)22-15(3)20(4)19-17(22)12-16-10-5-6-11-21(16)19;1-13-8-7-9-14(2)18(13)22-15(3)20(4)17-12-16-10-5-6-11-21(16)19(17)22;1-13-8-7-9-14(2)18(13)22-17-11-6-5-10-16(17)21-12-15(3)20(4)19(21)22;1-12-7-6-8-13(2)17(12)21-16-10-5-4-9-15(16)20-11-19-14(3)18(20)21;1-7-12(2)9-10(14-7)13-6-4-3-5-8(13)11-9;1-6-10-8-9(13-6)11-7-4-2-3-5-12(7)8;;/h4*5-12H,1-4H3;4-11H,1-3H3;3-6H,1-2H3;2-5H,1H3;2*1H4/q4*+1;;+1;;;. The Morgan fingerprint density at radius 3 is 1.39 bits per heavy atom. The van der Waals surface area contributed by atoms with Crippen molar-refractivity contribution in [1.29, 1.82) is 0 Å². The Labute approximate surface area is 812 Å². The number of fused-ring (bicyclic) bond motifs is 21. The first-order chi connectivity index (χ1) is 65.7. The number of imidazole rings is 10. The Kier molecular flexibility index (Phi) is 24.8. The molecule has 0 saturated carbocycles. The molecule has 26 rings (SSSR count). The average molecular weight is 1860 g/mol. The fraction of sp³-hybridized carbons (Fsp3) is 0.209. The maximum Gasteiger partial charge on any atom is 0.375 e. The maximum absolute atomic E-state index is 4.57. The van der Waals surface area contributed by atoms with E-state index < -0.39 is 0 Å². The topological polar surface area (TPSA) is 127 Å². The molecule has 26 aromatic rings. The number of pyridine rings is 4. The van der Waals surface area contributed by atoms with Gasteiger partial charge in [-0.25, -0.2) is 46.6 Å². The second kappa shape index (κ2) is 36.9. The lowest BCUT2D eigenvalue weighted by atomic mass is 10.1. The molecule has 23 heteroatoms. The molecule has 0 fully saturated rings. The number of nitrogens with zero attached hydrogens (tertiary/aromatic N) is 21. The summed E-state index contributed by atoms with van der Waals surface area (Å²) in [6, 6.07) is 87.3. The number of hydrogen-bond acceptors (Lipinski definition) is 6. The fourth-order valence-corrected chi connectivity index (χ4v) is 22.0. The van der Waals surface area contributed by atoms with Gasteiger partial charge in [0.05, 0.1) is 86.3 Å². The molecule has 21 nitrogen and oxygen atoms in total. The zero-order valence-corrected chi connectivity index (χ0v) is 83.1. The SMILES string of the molecule is C.C.Cc1cccc(C)c1-[n+]1c(C)n(C)c2cc3ccccn3c21.Cc1cccc(C)c1-n1c(C)[n+](C)c2c1cc1ccccn12.Cc1cccc(C)c1-n1c2ccccc2[n+]2cc(C)n(C)c12.Cc1cccc(C)c1-n1c2ccccc2n2c(C)[n+](C)cc12.Cc1cccc(C)c1-n1c2ccccc2n2cnc(C)c12.Cc1nc2c(nc3ccccn32)s1.Cc1sc2c(nc3ccccn32)[n+]1C. The summed E-state index contributed by atoms with van der Waals surface area (Å²) in [5, 5.41) is 2.34. The van der Waals surface area contributed by atoms with Gasteiger partial charge in [0, 0.05) is 58.3 Å². The van der Waals surface area contributed by atoms with Crippen LogP contribution in [0.15, 0.2) is 292 Å². The number of thiazole rings is 2. The minimum Gasteiger partial charge on any atom is -0.292 e. The number of aryl methyl sites for hydroxylation is 20.